The molecule has 126 valence electrons. The second-order valence-corrected chi connectivity index (χ2v) is 7.60. The monoisotopic (exact) mass is 370 g/mol. The fourth-order valence-corrected chi connectivity index (χ4v) is 4.20. The number of carbonyl (C=O) groups is 1. The first-order valence-corrected chi connectivity index (χ1v) is 9.41. The molecule has 0 radical (unpaired) electrons. The highest BCUT2D eigenvalue weighted by Crippen LogP contribution is 2.26. The molecule has 1 amide bonds. The van der Waals surface area contributed by atoms with Crippen molar-refractivity contribution in [3.8, 4) is 0 Å². The molecular weight excluding hydrogens is 356 g/mol. The molecule has 0 saturated heterocycles. The van der Waals surface area contributed by atoms with Crippen LogP contribution in [0.15, 0.2) is 46.8 Å². The predicted octanol–water partition coefficient (Wildman–Crippen LogP) is 2.90. The van der Waals surface area contributed by atoms with Crippen LogP contribution in [-0.2, 0) is 0 Å². The van der Waals surface area contributed by atoms with Crippen molar-refractivity contribution in [3.63, 3.8) is 0 Å². The number of nitrogens with zero attached hydrogens (tertiary/aromatic N) is 3. The van der Waals surface area contributed by atoms with Gasteiger partial charge in [0.15, 0.2) is 4.96 Å². The van der Waals surface area contributed by atoms with Crippen LogP contribution in [0.3, 0.4) is 0 Å². The molecule has 1 aromatic carbocycles. The Bertz CT molecular complexity index is 1100. The van der Waals surface area contributed by atoms with Crippen LogP contribution in [0.5, 0.6) is 0 Å². The van der Waals surface area contributed by atoms with Crippen molar-refractivity contribution in [2.24, 2.45) is 0 Å². The Kier molecular flexibility index (Phi) is 4.06. The number of fused-ring (bicyclic) bond motifs is 2. The van der Waals surface area contributed by atoms with Gasteiger partial charge in [0.05, 0.1) is 15.2 Å². The first-order valence-electron chi connectivity index (χ1n) is 7.72. The molecule has 0 spiro atoms. The fraction of sp³-hybridized carbons (Fsp3) is 0.176. The van der Waals surface area contributed by atoms with Crippen molar-refractivity contribution in [1.29, 1.82) is 0 Å². The van der Waals surface area contributed by atoms with Gasteiger partial charge in [-0.3, -0.25) is 14.0 Å². The second kappa shape index (κ2) is 6.38. The molecule has 0 aliphatic carbocycles. The van der Waals surface area contributed by atoms with Crippen LogP contribution in [0, 0.1) is 0 Å². The van der Waals surface area contributed by atoms with Gasteiger partial charge in [0, 0.05) is 30.2 Å². The summed E-state index contributed by atoms with van der Waals surface area (Å²) in [7, 11) is 0. The van der Waals surface area contributed by atoms with E-state index in [1.165, 1.54) is 21.9 Å². The molecule has 1 N–H and O–H groups in total. The zero-order valence-corrected chi connectivity index (χ0v) is 14.9. The smallest absolute Gasteiger partial charge is 0.271 e. The molecule has 0 fully saturated rings. The number of amides is 1. The van der Waals surface area contributed by atoms with Crippen molar-refractivity contribution in [2.75, 3.05) is 6.54 Å². The van der Waals surface area contributed by atoms with Gasteiger partial charge in [0.25, 0.3) is 11.5 Å². The van der Waals surface area contributed by atoms with E-state index >= 15 is 0 Å². The van der Waals surface area contributed by atoms with E-state index in [9.17, 15) is 9.59 Å². The number of thiazole rings is 2. The van der Waals surface area contributed by atoms with Crippen LogP contribution in [0.2, 0.25) is 0 Å². The van der Waals surface area contributed by atoms with E-state index in [2.05, 4.69) is 15.3 Å². The summed E-state index contributed by atoms with van der Waals surface area (Å²) >= 11 is 2.97. The van der Waals surface area contributed by atoms with Gasteiger partial charge in [0.2, 0.25) is 0 Å². The van der Waals surface area contributed by atoms with Crippen molar-refractivity contribution in [2.45, 2.75) is 12.8 Å². The topological polar surface area (TPSA) is 76.4 Å². The van der Waals surface area contributed by atoms with E-state index in [1.54, 1.807) is 22.9 Å². The summed E-state index contributed by atoms with van der Waals surface area (Å²) in [6.07, 6.45) is 2.96. The van der Waals surface area contributed by atoms with Gasteiger partial charge in [-0.05, 0) is 12.1 Å². The number of hydrogen-bond donors (Lipinski definition) is 1. The lowest BCUT2D eigenvalue weighted by Crippen LogP contribution is -2.33. The van der Waals surface area contributed by atoms with Crippen LogP contribution in [0.1, 0.15) is 28.2 Å². The molecule has 4 aromatic rings. The number of nitrogens with one attached hydrogen (secondary N) is 1. The van der Waals surface area contributed by atoms with Crippen molar-refractivity contribution in [1.82, 2.24) is 19.7 Å². The van der Waals surface area contributed by atoms with Gasteiger partial charge in [-0.25, -0.2) is 9.97 Å². The standard InChI is InChI=1S/C17H14N4O2S2/c1-10(15-20-12-4-2-3-5-13(12)25-15)8-18-14(22)11-9-19-17-21(16(11)23)6-7-24-17/h2-7,9-10H,8H2,1H3,(H,18,22). The molecule has 8 heteroatoms. The quantitative estimate of drug-likeness (QED) is 0.599. The van der Waals surface area contributed by atoms with Crippen molar-refractivity contribution in [3.05, 3.63) is 63.0 Å². The Morgan fingerprint density at radius 1 is 1.36 bits per heavy atom. The molecule has 0 saturated carbocycles. The SMILES string of the molecule is CC(CNC(=O)c1cnc2sccn2c1=O)c1nc2ccccc2s1. The molecule has 0 bridgehead atoms. The Hall–Kier alpha value is -2.58. The van der Waals surface area contributed by atoms with Crippen LogP contribution in [-0.4, -0.2) is 26.8 Å². The molecule has 1 atom stereocenters. The maximum Gasteiger partial charge on any atom is 0.271 e. The minimum Gasteiger partial charge on any atom is -0.351 e. The molecule has 0 aliphatic heterocycles. The molecule has 6 nitrogen and oxygen atoms in total. The highest BCUT2D eigenvalue weighted by molar-refractivity contribution is 7.18. The zero-order valence-electron chi connectivity index (χ0n) is 13.3. The number of aromatic nitrogens is 3. The van der Waals surface area contributed by atoms with E-state index in [0.29, 0.717) is 11.5 Å². The zero-order chi connectivity index (χ0) is 17.4. The minimum absolute atomic E-state index is 0.0485. The average molecular weight is 370 g/mol. The summed E-state index contributed by atoms with van der Waals surface area (Å²) in [6, 6.07) is 7.95. The highest BCUT2D eigenvalue weighted by atomic mass is 32.1. The van der Waals surface area contributed by atoms with Gasteiger partial charge in [-0.1, -0.05) is 19.1 Å². The first kappa shape index (κ1) is 15.9. The van der Waals surface area contributed by atoms with Gasteiger partial charge in [-0.15, -0.1) is 22.7 Å². The van der Waals surface area contributed by atoms with Gasteiger partial charge in [0.1, 0.15) is 5.56 Å². The lowest BCUT2D eigenvalue weighted by atomic mass is 10.2. The Morgan fingerprint density at radius 3 is 3.04 bits per heavy atom. The summed E-state index contributed by atoms with van der Waals surface area (Å²) in [5.74, 6) is -0.354. The summed E-state index contributed by atoms with van der Waals surface area (Å²) < 4.78 is 2.51. The van der Waals surface area contributed by atoms with E-state index in [0.717, 1.165) is 15.2 Å². The number of rotatable bonds is 4. The van der Waals surface area contributed by atoms with Crippen LogP contribution >= 0.6 is 22.7 Å². The summed E-state index contributed by atoms with van der Waals surface area (Å²) in [5.41, 5.74) is 0.662. The third-order valence-electron chi connectivity index (χ3n) is 3.89. The Balaban J connectivity index is 1.50. The molecule has 3 aromatic heterocycles. The lowest BCUT2D eigenvalue weighted by Gasteiger charge is -2.09. The minimum atomic E-state index is -0.411. The van der Waals surface area contributed by atoms with E-state index in [4.69, 9.17) is 0 Å². The molecule has 0 aliphatic rings. The van der Waals surface area contributed by atoms with Crippen LogP contribution in [0.4, 0.5) is 0 Å². The molecule has 4 rings (SSSR count). The Labute approximate surface area is 150 Å². The van der Waals surface area contributed by atoms with E-state index in [-0.39, 0.29) is 17.0 Å². The Morgan fingerprint density at radius 2 is 2.20 bits per heavy atom. The summed E-state index contributed by atoms with van der Waals surface area (Å²) in [4.78, 5) is 34.0. The maximum atomic E-state index is 12.4. The average Bonchev–Trinajstić information content (AvgIpc) is 3.26. The van der Waals surface area contributed by atoms with Gasteiger partial charge in [-0.2, -0.15) is 0 Å². The predicted molar refractivity (Wildman–Crippen MR) is 99.7 cm³/mol. The highest BCUT2D eigenvalue weighted by Gasteiger charge is 2.16. The lowest BCUT2D eigenvalue weighted by molar-refractivity contribution is 0.0949. The second-order valence-electron chi connectivity index (χ2n) is 5.66. The number of hydrogen-bond acceptors (Lipinski definition) is 6. The van der Waals surface area contributed by atoms with Gasteiger partial charge < -0.3 is 5.32 Å². The van der Waals surface area contributed by atoms with Crippen LogP contribution in [0.25, 0.3) is 15.2 Å². The molecule has 1 unspecified atom stereocenters. The number of benzene rings is 1. The van der Waals surface area contributed by atoms with E-state index in [1.807, 2.05) is 31.2 Å². The first-order chi connectivity index (χ1) is 12.1. The van der Waals surface area contributed by atoms with Crippen molar-refractivity contribution < 1.29 is 4.79 Å². The molecule has 3 heterocycles. The summed E-state index contributed by atoms with van der Waals surface area (Å²) in [5, 5.41) is 5.54. The third-order valence-corrected chi connectivity index (χ3v) is 5.93. The summed E-state index contributed by atoms with van der Waals surface area (Å²) in [6.45, 7) is 2.41. The molecular formula is C17H14N4O2S2. The third kappa shape index (κ3) is 2.94. The van der Waals surface area contributed by atoms with E-state index < -0.39 is 5.91 Å². The maximum absolute atomic E-state index is 12.4. The molecule has 25 heavy (non-hydrogen) atoms. The number of carbonyl (C=O) groups excluding carboxylic acids is 1. The number of para-hydroxylation sites is 1. The normalized spacial score (nSPS) is 12.5. The fourth-order valence-electron chi connectivity index (χ4n) is 2.51. The largest absolute Gasteiger partial charge is 0.351 e. The van der Waals surface area contributed by atoms with Crippen LogP contribution < -0.4 is 10.9 Å². The van der Waals surface area contributed by atoms with Crippen molar-refractivity contribution >= 4 is 43.8 Å². The van der Waals surface area contributed by atoms with Gasteiger partial charge >= 0.3 is 0 Å².